The van der Waals surface area contributed by atoms with E-state index in [9.17, 15) is 9.59 Å². The highest BCUT2D eigenvalue weighted by Crippen LogP contribution is 2.28. The van der Waals surface area contributed by atoms with E-state index >= 15 is 0 Å². The van der Waals surface area contributed by atoms with Crippen LogP contribution in [0.5, 0.6) is 5.75 Å². The first-order valence-electron chi connectivity index (χ1n) is 11.8. The molecular formula is C29H27N3O3. The Labute approximate surface area is 204 Å². The van der Waals surface area contributed by atoms with Crippen LogP contribution < -0.4 is 10.1 Å². The van der Waals surface area contributed by atoms with Crippen LogP contribution >= 0.6 is 0 Å². The number of amides is 2. The Hall–Kier alpha value is -4.19. The van der Waals surface area contributed by atoms with E-state index in [2.05, 4.69) is 5.32 Å². The van der Waals surface area contributed by atoms with Crippen LogP contribution in [-0.4, -0.2) is 47.9 Å². The Morgan fingerprint density at radius 2 is 1.60 bits per heavy atom. The van der Waals surface area contributed by atoms with Crippen LogP contribution in [0.4, 0.5) is 0 Å². The van der Waals surface area contributed by atoms with Crippen molar-refractivity contribution < 1.29 is 14.3 Å². The third kappa shape index (κ3) is 4.87. The smallest absolute Gasteiger partial charge is 0.254 e. The molecule has 0 radical (unpaired) electrons. The molecule has 1 aliphatic heterocycles. The Bertz CT molecular complexity index is 1340. The fourth-order valence-electron chi connectivity index (χ4n) is 4.52. The van der Waals surface area contributed by atoms with Gasteiger partial charge in [-0.25, -0.2) is 4.98 Å². The van der Waals surface area contributed by atoms with E-state index in [0.717, 1.165) is 40.8 Å². The maximum atomic E-state index is 13.6. The summed E-state index contributed by atoms with van der Waals surface area (Å²) < 4.78 is 5.27. The fraction of sp³-hybridized carbons (Fsp3) is 0.207. The Kier molecular flexibility index (Phi) is 6.44. The first kappa shape index (κ1) is 22.6. The van der Waals surface area contributed by atoms with Gasteiger partial charge in [0.25, 0.3) is 11.8 Å². The molecule has 5 rings (SSSR count). The quantitative estimate of drug-likeness (QED) is 0.453. The summed E-state index contributed by atoms with van der Waals surface area (Å²) in [6, 6.07) is 26.6. The number of nitrogens with one attached hydrogen (secondary N) is 1. The molecule has 6 heteroatoms. The minimum Gasteiger partial charge on any atom is -0.497 e. The Morgan fingerprint density at radius 3 is 2.31 bits per heavy atom. The zero-order chi connectivity index (χ0) is 24.2. The van der Waals surface area contributed by atoms with Gasteiger partial charge in [-0.2, -0.15) is 0 Å². The summed E-state index contributed by atoms with van der Waals surface area (Å²) in [7, 11) is 1.64. The first-order valence-corrected chi connectivity index (χ1v) is 11.8. The number of pyridine rings is 1. The lowest BCUT2D eigenvalue weighted by Crippen LogP contribution is -2.46. The number of piperidine rings is 1. The molecular weight excluding hydrogens is 438 g/mol. The van der Waals surface area contributed by atoms with Crippen LogP contribution in [0.1, 0.15) is 33.6 Å². The van der Waals surface area contributed by atoms with Gasteiger partial charge in [-0.1, -0.05) is 36.4 Å². The molecule has 1 N–H and O–H groups in total. The van der Waals surface area contributed by atoms with Gasteiger partial charge >= 0.3 is 0 Å². The summed E-state index contributed by atoms with van der Waals surface area (Å²) in [6.45, 7) is 1.18. The second-order valence-electron chi connectivity index (χ2n) is 8.71. The van der Waals surface area contributed by atoms with Crippen LogP contribution in [-0.2, 0) is 0 Å². The molecule has 1 saturated heterocycles. The van der Waals surface area contributed by atoms with Crippen molar-refractivity contribution in [2.75, 3.05) is 20.2 Å². The van der Waals surface area contributed by atoms with Crippen molar-refractivity contribution in [3.63, 3.8) is 0 Å². The van der Waals surface area contributed by atoms with Gasteiger partial charge in [0.1, 0.15) is 5.75 Å². The number of para-hydroxylation sites is 1. The van der Waals surface area contributed by atoms with Gasteiger partial charge in [-0.15, -0.1) is 0 Å². The van der Waals surface area contributed by atoms with E-state index < -0.39 is 0 Å². The highest BCUT2D eigenvalue weighted by atomic mass is 16.5. The second kappa shape index (κ2) is 9.97. The van der Waals surface area contributed by atoms with Gasteiger partial charge in [-0.3, -0.25) is 9.59 Å². The number of hydrogen-bond donors (Lipinski definition) is 1. The SMILES string of the molecule is COc1ccc(-c2cc(C(=O)N3CCC(NC(=O)c4ccccc4)CC3)c3ccccc3n2)cc1. The van der Waals surface area contributed by atoms with Crippen molar-refractivity contribution in [3.8, 4) is 17.0 Å². The number of likely N-dealkylation sites (tertiary alicyclic amines) is 1. The minimum atomic E-state index is -0.0698. The third-order valence-electron chi connectivity index (χ3n) is 6.49. The van der Waals surface area contributed by atoms with Crippen molar-refractivity contribution >= 4 is 22.7 Å². The summed E-state index contributed by atoms with van der Waals surface area (Å²) >= 11 is 0. The summed E-state index contributed by atoms with van der Waals surface area (Å²) in [5.74, 6) is 0.693. The normalized spacial score (nSPS) is 14.0. The van der Waals surface area contributed by atoms with Gasteiger partial charge < -0.3 is 15.0 Å². The monoisotopic (exact) mass is 465 g/mol. The zero-order valence-corrected chi connectivity index (χ0v) is 19.6. The number of ether oxygens (including phenoxy) is 1. The van der Waals surface area contributed by atoms with Gasteiger partial charge in [0, 0.05) is 35.6 Å². The molecule has 3 aromatic carbocycles. The maximum absolute atomic E-state index is 13.6. The third-order valence-corrected chi connectivity index (χ3v) is 6.49. The van der Waals surface area contributed by atoms with E-state index in [0.29, 0.717) is 24.2 Å². The summed E-state index contributed by atoms with van der Waals surface area (Å²) in [4.78, 5) is 32.8. The average molecular weight is 466 g/mol. The largest absolute Gasteiger partial charge is 0.497 e. The minimum absolute atomic E-state index is 0.00815. The summed E-state index contributed by atoms with van der Waals surface area (Å²) in [6.07, 6.45) is 1.44. The van der Waals surface area contributed by atoms with Crippen LogP contribution in [0.25, 0.3) is 22.2 Å². The molecule has 2 amide bonds. The lowest BCUT2D eigenvalue weighted by molar-refractivity contribution is 0.0700. The van der Waals surface area contributed by atoms with Crippen molar-refractivity contribution in [1.82, 2.24) is 15.2 Å². The molecule has 6 nitrogen and oxygen atoms in total. The molecule has 2 heterocycles. The molecule has 0 aliphatic carbocycles. The summed E-state index contributed by atoms with van der Waals surface area (Å²) in [5, 5.41) is 3.95. The Morgan fingerprint density at radius 1 is 0.914 bits per heavy atom. The molecule has 0 unspecified atom stereocenters. The second-order valence-corrected chi connectivity index (χ2v) is 8.71. The lowest BCUT2D eigenvalue weighted by atomic mass is 10.00. The molecule has 0 saturated carbocycles. The molecule has 4 aromatic rings. The molecule has 0 bridgehead atoms. The van der Waals surface area contributed by atoms with Crippen LogP contribution in [0.15, 0.2) is 84.9 Å². The van der Waals surface area contributed by atoms with E-state index in [1.165, 1.54) is 0 Å². The average Bonchev–Trinajstić information content (AvgIpc) is 2.93. The van der Waals surface area contributed by atoms with E-state index in [4.69, 9.17) is 9.72 Å². The van der Waals surface area contributed by atoms with E-state index in [-0.39, 0.29) is 17.9 Å². The number of hydrogen-bond acceptors (Lipinski definition) is 4. The van der Waals surface area contributed by atoms with Crippen LogP contribution in [0.3, 0.4) is 0 Å². The van der Waals surface area contributed by atoms with Crippen molar-refractivity contribution in [2.24, 2.45) is 0 Å². The van der Waals surface area contributed by atoms with Crippen molar-refractivity contribution in [1.29, 1.82) is 0 Å². The number of aromatic nitrogens is 1. The first-order chi connectivity index (χ1) is 17.1. The highest BCUT2D eigenvalue weighted by molar-refractivity contribution is 6.07. The van der Waals surface area contributed by atoms with Gasteiger partial charge in [0.2, 0.25) is 0 Å². The molecule has 1 fully saturated rings. The number of methoxy groups -OCH3 is 1. The molecule has 0 atom stereocenters. The van der Waals surface area contributed by atoms with Gasteiger partial charge in [0.15, 0.2) is 0 Å². The fourth-order valence-corrected chi connectivity index (χ4v) is 4.52. The van der Waals surface area contributed by atoms with Crippen molar-refractivity contribution in [2.45, 2.75) is 18.9 Å². The zero-order valence-electron chi connectivity index (χ0n) is 19.6. The number of carbonyl (C=O) groups is 2. The van der Waals surface area contributed by atoms with Gasteiger partial charge in [-0.05, 0) is 61.4 Å². The molecule has 176 valence electrons. The Balaban J connectivity index is 1.34. The molecule has 35 heavy (non-hydrogen) atoms. The number of nitrogens with zero attached hydrogens (tertiary/aromatic N) is 2. The maximum Gasteiger partial charge on any atom is 0.254 e. The molecule has 1 aromatic heterocycles. The lowest BCUT2D eigenvalue weighted by Gasteiger charge is -2.32. The number of fused-ring (bicyclic) bond motifs is 1. The molecule has 0 spiro atoms. The predicted molar refractivity (Wildman–Crippen MR) is 137 cm³/mol. The van der Waals surface area contributed by atoms with E-state index in [1.54, 1.807) is 7.11 Å². The standard InChI is InChI=1S/C29H27N3O3/c1-35-23-13-11-20(12-14-23)27-19-25(24-9-5-6-10-26(24)31-27)29(34)32-17-15-22(16-18-32)30-28(33)21-7-3-2-4-8-21/h2-14,19,22H,15-18H2,1H3,(H,30,33). The number of rotatable bonds is 5. The van der Waals surface area contributed by atoms with Crippen LogP contribution in [0, 0.1) is 0 Å². The summed E-state index contributed by atoms with van der Waals surface area (Å²) in [5.41, 5.74) is 3.76. The predicted octanol–water partition coefficient (Wildman–Crippen LogP) is 4.95. The van der Waals surface area contributed by atoms with Crippen LogP contribution in [0.2, 0.25) is 0 Å². The van der Waals surface area contributed by atoms with Crippen molar-refractivity contribution in [3.05, 3.63) is 96.1 Å². The van der Waals surface area contributed by atoms with E-state index in [1.807, 2.05) is 89.8 Å². The highest BCUT2D eigenvalue weighted by Gasteiger charge is 2.26. The molecule has 1 aliphatic rings. The number of carbonyl (C=O) groups excluding carboxylic acids is 2. The topological polar surface area (TPSA) is 71.5 Å². The number of benzene rings is 3. The van der Waals surface area contributed by atoms with Gasteiger partial charge in [0.05, 0.1) is 23.9 Å².